The van der Waals surface area contributed by atoms with Crippen LogP contribution in [0.3, 0.4) is 0 Å². The summed E-state index contributed by atoms with van der Waals surface area (Å²) < 4.78 is 5.42. The Bertz CT molecular complexity index is 936. The molecule has 1 saturated carbocycles. The summed E-state index contributed by atoms with van der Waals surface area (Å²) in [5, 5.41) is 14.3. The predicted molar refractivity (Wildman–Crippen MR) is 107 cm³/mol. The molecule has 0 atom stereocenters. The van der Waals surface area contributed by atoms with Gasteiger partial charge in [-0.05, 0) is 62.1 Å². The number of nitro groups is 1. The Kier molecular flexibility index (Phi) is 5.96. The number of nitrogens with zero attached hydrogens (tertiary/aromatic N) is 1. The van der Waals surface area contributed by atoms with Gasteiger partial charge in [-0.3, -0.25) is 30.6 Å². The fraction of sp³-hybridized carbons (Fsp3) is 0.300. The van der Waals surface area contributed by atoms with Crippen molar-refractivity contribution >= 4 is 23.2 Å². The van der Waals surface area contributed by atoms with Gasteiger partial charge < -0.3 is 10.1 Å². The van der Waals surface area contributed by atoms with Crippen LogP contribution >= 0.6 is 0 Å². The number of amides is 2. The van der Waals surface area contributed by atoms with Crippen LogP contribution in [-0.4, -0.2) is 29.4 Å². The molecule has 1 aliphatic rings. The first-order valence-corrected chi connectivity index (χ1v) is 9.17. The van der Waals surface area contributed by atoms with Gasteiger partial charge in [0.1, 0.15) is 11.4 Å². The Hall–Kier alpha value is -3.62. The topological polar surface area (TPSA) is 123 Å². The largest absolute Gasteiger partial charge is 0.484 e. The number of anilines is 1. The maximum atomic E-state index is 12.2. The number of benzene rings is 2. The molecule has 1 aliphatic carbocycles. The quantitative estimate of drug-likeness (QED) is 0.487. The number of ether oxygens (including phenoxy) is 1. The fourth-order valence-electron chi connectivity index (χ4n) is 2.79. The van der Waals surface area contributed by atoms with Crippen molar-refractivity contribution in [3.05, 3.63) is 63.2 Å². The van der Waals surface area contributed by atoms with Crippen molar-refractivity contribution in [2.75, 3.05) is 11.9 Å². The summed E-state index contributed by atoms with van der Waals surface area (Å²) in [6.45, 7) is 3.56. The number of hydrazine groups is 1. The number of aryl methyl sites for hydroxylation is 2. The molecule has 0 unspecified atom stereocenters. The van der Waals surface area contributed by atoms with Crippen LogP contribution in [-0.2, 0) is 4.79 Å². The van der Waals surface area contributed by atoms with Gasteiger partial charge in [0.25, 0.3) is 17.5 Å². The van der Waals surface area contributed by atoms with E-state index in [0.717, 1.165) is 24.0 Å². The van der Waals surface area contributed by atoms with Gasteiger partial charge in [0.05, 0.1) is 4.92 Å². The maximum Gasteiger partial charge on any atom is 0.293 e. The molecular weight excluding hydrogens is 376 g/mol. The summed E-state index contributed by atoms with van der Waals surface area (Å²) in [5.41, 5.74) is 6.74. The Morgan fingerprint density at radius 3 is 2.41 bits per heavy atom. The van der Waals surface area contributed by atoms with Crippen molar-refractivity contribution in [2.45, 2.75) is 32.7 Å². The van der Waals surface area contributed by atoms with Crippen LogP contribution in [0.25, 0.3) is 0 Å². The van der Waals surface area contributed by atoms with E-state index >= 15 is 0 Å². The SMILES string of the molecule is Cc1cc(C)cc(OCC(=O)NNC(=O)c2ccc(NC3CC3)c([N+](=O)[O-])c2)c1. The molecule has 1 fully saturated rings. The minimum atomic E-state index is -0.661. The minimum absolute atomic E-state index is 0.0635. The van der Waals surface area contributed by atoms with Gasteiger partial charge >= 0.3 is 0 Å². The van der Waals surface area contributed by atoms with Crippen LogP contribution in [0.2, 0.25) is 0 Å². The van der Waals surface area contributed by atoms with Gasteiger partial charge in [-0.25, -0.2) is 0 Å². The second-order valence-corrected chi connectivity index (χ2v) is 7.02. The lowest BCUT2D eigenvalue weighted by molar-refractivity contribution is -0.384. The molecule has 0 saturated heterocycles. The highest BCUT2D eigenvalue weighted by Gasteiger charge is 2.25. The van der Waals surface area contributed by atoms with E-state index in [2.05, 4.69) is 16.2 Å². The van der Waals surface area contributed by atoms with Crippen molar-refractivity contribution in [1.29, 1.82) is 0 Å². The number of carbonyl (C=O) groups is 2. The number of carbonyl (C=O) groups excluding carboxylic acids is 2. The van der Waals surface area contributed by atoms with Crippen LogP contribution in [0.1, 0.15) is 34.3 Å². The highest BCUT2D eigenvalue weighted by Crippen LogP contribution is 2.31. The molecule has 0 heterocycles. The van der Waals surface area contributed by atoms with E-state index in [-0.39, 0.29) is 23.9 Å². The molecule has 3 rings (SSSR count). The van der Waals surface area contributed by atoms with Crippen LogP contribution in [0.15, 0.2) is 36.4 Å². The smallest absolute Gasteiger partial charge is 0.293 e. The van der Waals surface area contributed by atoms with E-state index in [0.29, 0.717) is 11.4 Å². The molecular formula is C20H22N4O5. The first-order valence-electron chi connectivity index (χ1n) is 9.17. The van der Waals surface area contributed by atoms with E-state index in [1.807, 2.05) is 19.9 Å². The van der Waals surface area contributed by atoms with Gasteiger partial charge in [0.2, 0.25) is 0 Å². The van der Waals surface area contributed by atoms with E-state index in [9.17, 15) is 19.7 Å². The van der Waals surface area contributed by atoms with Gasteiger partial charge in [-0.1, -0.05) is 6.07 Å². The first kappa shape index (κ1) is 20.1. The molecule has 2 aromatic rings. The lowest BCUT2D eigenvalue weighted by Gasteiger charge is -2.11. The van der Waals surface area contributed by atoms with Gasteiger partial charge in [-0.2, -0.15) is 0 Å². The normalized spacial score (nSPS) is 12.8. The zero-order valence-corrected chi connectivity index (χ0v) is 16.2. The highest BCUT2D eigenvalue weighted by molar-refractivity contribution is 5.96. The molecule has 29 heavy (non-hydrogen) atoms. The Labute approximate surface area is 167 Å². The number of nitrogens with one attached hydrogen (secondary N) is 3. The molecule has 0 radical (unpaired) electrons. The van der Waals surface area contributed by atoms with E-state index in [1.54, 1.807) is 12.1 Å². The zero-order chi connectivity index (χ0) is 21.0. The van der Waals surface area contributed by atoms with Crippen molar-refractivity contribution in [3.8, 4) is 5.75 Å². The van der Waals surface area contributed by atoms with Crippen LogP contribution in [0, 0.1) is 24.0 Å². The van der Waals surface area contributed by atoms with E-state index in [4.69, 9.17) is 4.74 Å². The van der Waals surface area contributed by atoms with E-state index < -0.39 is 16.7 Å². The van der Waals surface area contributed by atoms with Crippen molar-refractivity contribution in [1.82, 2.24) is 10.9 Å². The highest BCUT2D eigenvalue weighted by atomic mass is 16.6. The average molecular weight is 398 g/mol. The minimum Gasteiger partial charge on any atom is -0.484 e. The molecule has 0 aromatic heterocycles. The second kappa shape index (κ2) is 8.59. The third kappa shape index (κ3) is 5.68. The number of nitro benzene ring substituents is 1. The monoisotopic (exact) mass is 398 g/mol. The predicted octanol–water partition coefficient (Wildman–Crippen LogP) is 2.63. The number of hydrogen-bond acceptors (Lipinski definition) is 6. The summed E-state index contributed by atoms with van der Waals surface area (Å²) in [6, 6.07) is 9.96. The average Bonchev–Trinajstić information content (AvgIpc) is 3.48. The summed E-state index contributed by atoms with van der Waals surface area (Å²) in [7, 11) is 0. The third-order valence-electron chi connectivity index (χ3n) is 4.27. The van der Waals surface area contributed by atoms with Gasteiger partial charge in [0.15, 0.2) is 6.61 Å². The van der Waals surface area contributed by atoms with Crippen LogP contribution < -0.4 is 20.9 Å². The molecule has 0 aliphatic heterocycles. The number of hydrogen-bond donors (Lipinski definition) is 3. The maximum absolute atomic E-state index is 12.2. The molecule has 152 valence electrons. The summed E-state index contributed by atoms with van der Waals surface area (Å²) in [5.74, 6) is -0.664. The molecule has 2 aromatic carbocycles. The van der Waals surface area contributed by atoms with Crippen molar-refractivity contribution in [2.24, 2.45) is 0 Å². The van der Waals surface area contributed by atoms with Crippen LogP contribution in [0.5, 0.6) is 5.75 Å². The Morgan fingerprint density at radius 1 is 1.10 bits per heavy atom. The molecule has 3 N–H and O–H groups in total. The van der Waals surface area contributed by atoms with Gasteiger partial charge in [0, 0.05) is 17.7 Å². The summed E-state index contributed by atoms with van der Waals surface area (Å²) >= 11 is 0. The molecule has 9 nitrogen and oxygen atoms in total. The lowest BCUT2D eigenvalue weighted by atomic mass is 10.1. The molecule has 2 amide bonds. The zero-order valence-electron chi connectivity index (χ0n) is 16.2. The Balaban J connectivity index is 1.54. The third-order valence-corrected chi connectivity index (χ3v) is 4.27. The molecule has 9 heteroatoms. The standard InChI is InChI=1S/C20H22N4O5/c1-12-7-13(2)9-16(8-12)29-11-19(25)22-23-20(26)14-3-6-17(21-15-4-5-15)18(10-14)24(27)28/h3,6-10,15,21H,4-5,11H2,1-2H3,(H,22,25)(H,23,26). The van der Waals surface area contributed by atoms with Crippen LogP contribution in [0.4, 0.5) is 11.4 Å². The van der Waals surface area contributed by atoms with Crippen molar-refractivity contribution < 1.29 is 19.2 Å². The van der Waals surface area contributed by atoms with E-state index in [1.165, 1.54) is 18.2 Å². The fourth-order valence-corrected chi connectivity index (χ4v) is 2.79. The molecule has 0 spiro atoms. The Morgan fingerprint density at radius 2 is 1.79 bits per heavy atom. The van der Waals surface area contributed by atoms with Gasteiger partial charge in [-0.15, -0.1) is 0 Å². The first-order chi connectivity index (χ1) is 13.8. The number of rotatable bonds is 7. The lowest BCUT2D eigenvalue weighted by Crippen LogP contribution is -2.43. The second-order valence-electron chi connectivity index (χ2n) is 7.02. The van der Waals surface area contributed by atoms with Crippen molar-refractivity contribution in [3.63, 3.8) is 0 Å². The summed E-state index contributed by atoms with van der Waals surface area (Å²) in [4.78, 5) is 34.9. The molecule has 0 bridgehead atoms. The summed E-state index contributed by atoms with van der Waals surface area (Å²) in [6.07, 6.45) is 1.94.